The van der Waals surface area contributed by atoms with Gasteiger partial charge in [0.05, 0.1) is 25.3 Å². The van der Waals surface area contributed by atoms with Crippen LogP contribution >= 0.6 is 0 Å². The molecule has 0 bridgehead atoms. The smallest absolute Gasteiger partial charge is 0.290 e. The molecule has 3 rings (SSSR count). The van der Waals surface area contributed by atoms with Gasteiger partial charge in [-0.3, -0.25) is 9.59 Å². The largest absolute Gasteiger partial charge is 0.503 e. The quantitative estimate of drug-likeness (QED) is 0.720. The van der Waals surface area contributed by atoms with E-state index < -0.39 is 17.7 Å². The standard InChI is InChI=1S/C22H30N2O5/c1-4-29-17-9-8-16(14-18(17)28-3)20-19(15(2)25)21(26)22(27)24(20)13-12-23-10-6-5-7-11-23/h8-9,14,20,26H,4-7,10-13H2,1-3H3. The Kier molecular flexibility index (Phi) is 6.79. The monoisotopic (exact) mass is 402 g/mol. The van der Waals surface area contributed by atoms with Crippen molar-refractivity contribution in [2.45, 2.75) is 39.2 Å². The van der Waals surface area contributed by atoms with Crippen molar-refractivity contribution in [2.24, 2.45) is 0 Å². The van der Waals surface area contributed by atoms with Crippen molar-refractivity contribution in [3.8, 4) is 11.5 Å². The molecule has 7 heteroatoms. The zero-order valence-corrected chi connectivity index (χ0v) is 17.4. The molecule has 0 saturated carbocycles. The van der Waals surface area contributed by atoms with Crippen LogP contribution in [0.2, 0.25) is 0 Å². The fraction of sp³-hybridized carbons (Fsp3) is 0.545. The molecule has 0 aliphatic carbocycles. The lowest BCUT2D eigenvalue weighted by Crippen LogP contribution is -2.40. The topological polar surface area (TPSA) is 79.3 Å². The van der Waals surface area contributed by atoms with Gasteiger partial charge in [0.25, 0.3) is 5.91 Å². The number of ketones is 1. The van der Waals surface area contributed by atoms with Gasteiger partial charge in [0, 0.05) is 13.1 Å². The highest BCUT2D eigenvalue weighted by Crippen LogP contribution is 2.40. The van der Waals surface area contributed by atoms with E-state index in [1.807, 2.05) is 13.0 Å². The number of hydrogen-bond donors (Lipinski definition) is 1. The molecule has 2 heterocycles. The van der Waals surface area contributed by atoms with E-state index >= 15 is 0 Å². The summed E-state index contributed by atoms with van der Waals surface area (Å²) in [6, 6.07) is 4.74. The van der Waals surface area contributed by atoms with Gasteiger partial charge in [0.1, 0.15) is 0 Å². The molecule has 29 heavy (non-hydrogen) atoms. The third kappa shape index (κ3) is 4.40. The number of carbonyl (C=O) groups is 2. The molecule has 7 nitrogen and oxygen atoms in total. The van der Waals surface area contributed by atoms with Crippen LogP contribution in [-0.2, 0) is 9.59 Å². The maximum absolute atomic E-state index is 12.8. The first-order valence-corrected chi connectivity index (χ1v) is 10.3. The van der Waals surface area contributed by atoms with E-state index in [0.717, 1.165) is 32.5 Å². The highest BCUT2D eigenvalue weighted by Gasteiger charge is 2.42. The summed E-state index contributed by atoms with van der Waals surface area (Å²) in [5, 5.41) is 10.4. The maximum Gasteiger partial charge on any atom is 0.290 e. The normalized spacial score (nSPS) is 20.3. The van der Waals surface area contributed by atoms with Crippen LogP contribution in [0.1, 0.15) is 44.7 Å². The first kappa shape index (κ1) is 21.2. The van der Waals surface area contributed by atoms with Crippen molar-refractivity contribution in [3.63, 3.8) is 0 Å². The molecule has 1 amide bonds. The number of rotatable bonds is 8. The van der Waals surface area contributed by atoms with Crippen LogP contribution in [0, 0.1) is 0 Å². The average molecular weight is 402 g/mol. The molecule has 1 saturated heterocycles. The molecule has 1 unspecified atom stereocenters. The molecular formula is C22H30N2O5. The number of aliphatic hydroxyl groups is 1. The molecule has 1 N–H and O–H groups in total. The third-order valence-corrected chi connectivity index (χ3v) is 5.59. The number of carbonyl (C=O) groups excluding carboxylic acids is 2. The molecule has 1 fully saturated rings. The Labute approximate surface area is 171 Å². The Morgan fingerprint density at radius 2 is 1.90 bits per heavy atom. The Hall–Kier alpha value is -2.54. The van der Waals surface area contributed by atoms with E-state index in [1.54, 1.807) is 24.1 Å². The van der Waals surface area contributed by atoms with Gasteiger partial charge in [-0.25, -0.2) is 0 Å². The van der Waals surface area contributed by atoms with Crippen LogP contribution in [0.5, 0.6) is 11.5 Å². The number of hydrogen-bond acceptors (Lipinski definition) is 6. The number of Topliss-reactive ketones (excluding diaryl/α,β-unsaturated/α-hetero) is 1. The highest BCUT2D eigenvalue weighted by molar-refractivity contribution is 6.08. The number of ether oxygens (including phenoxy) is 2. The summed E-state index contributed by atoms with van der Waals surface area (Å²) >= 11 is 0. The van der Waals surface area contributed by atoms with E-state index in [4.69, 9.17) is 9.47 Å². The van der Waals surface area contributed by atoms with Crippen LogP contribution in [-0.4, -0.2) is 66.5 Å². The van der Waals surface area contributed by atoms with Gasteiger partial charge in [-0.05, 0) is 57.5 Å². The first-order chi connectivity index (χ1) is 14.0. The number of aliphatic hydroxyl groups excluding tert-OH is 1. The van der Waals surface area contributed by atoms with Crippen molar-refractivity contribution in [2.75, 3.05) is 39.9 Å². The van der Waals surface area contributed by atoms with E-state index in [1.165, 1.54) is 13.3 Å². The lowest BCUT2D eigenvalue weighted by molar-refractivity contribution is -0.129. The number of nitrogens with zero attached hydrogens (tertiary/aromatic N) is 2. The summed E-state index contributed by atoms with van der Waals surface area (Å²) in [5.74, 6) is -0.129. The number of likely N-dealkylation sites (tertiary alicyclic amines) is 1. The van der Waals surface area contributed by atoms with Crippen LogP contribution in [0.3, 0.4) is 0 Å². The molecular weight excluding hydrogens is 372 g/mol. The van der Waals surface area contributed by atoms with Gasteiger partial charge in [-0.2, -0.15) is 0 Å². The Balaban J connectivity index is 1.91. The van der Waals surface area contributed by atoms with Crippen molar-refractivity contribution in [1.29, 1.82) is 0 Å². The van der Waals surface area contributed by atoms with Crippen LogP contribution < -0.4 is 9.47 Å². The maximum atomic E-state index is 12.8. The zero-order chi connectivity index (χ0) is 21.0. The van der Waals surface area contributed by atoms with E-state index in [0.29, 0.717) is 30.2 Å². The molecule has 158 valence electrons. The minimum absolute atomic E-state index is 0.139. The SMILES string of the molecule is CCOc1ccc(C2C(C(C)=O)=C(O)C(=O)N2CCN2CCCCC2)cc1OC. The van der Waals surface area contributed by atoms with Gasteiger partial charge in [-0.15, -0.1) is 0 Å². The van der Waals surface area contributed by atoms with E-state index in [-0.39, 0.29) is 11.4 Å². The lowest BCUT2D eigenvalue weighted by atomic mass is 9.96. The fourth-order valence-electron chi connectivity index (χ4n) is 4.15. The molecule has 1 atom stereocenters. The van der Waals surface area contributed by atoms with Gasteiger partial charge in [0.15, 0.2) is 23.0 Å². The second-order valence-corrected chi connectivity index (χ2v) is 7.47. The Bertz CT molecular complexity index is 798. The number of methoxy groups -OCH3 is 1. The minimum Gasteiger partial charge on any atom is -0.503 e. The second-order valence-electron chi connectivity index (χ2n) is 7.47. The van der Waals surface area contributed by atoms with Gasteiger partial charge in [-0.1, -0.05) is 12.5 Å². The minimum atomic E-state index is -0.630. The summed E-state index contributed by atoms with van der Waals surface area (Å²) in [6.45, 7) is 6.96. The van der Waals surface area contributed by atoms with Gasteiger partial charge < -0.3 is 24.4 Å². The van der Waals surface area contributed by atoms with Crippen LogP contribution in [0.4, 0.5) is 0 Å². The van der Waals surface area contributed by atoms with Crippen molar-refractivity contribution in [1.82, 2.24) is 9.80 Å². The Morgan fingerprint density at radius 3 is 2.52 bits per heavy atom. The van der Waals surface area contributed by atoms with Gasteiger partial charge in [0.2, 0.25) is 0 Å². The summed E-state index contributed by atoms with van der Waals surface area (Å²) in [5.41, 5.74) is 0.853. The summed E-state index contributed by atoms with van der Waals surface area (Å²) < 4.78 is 11.0. The number of piperidine rings is 1. The Morgan fingerprint density at radius 1 is 1.17 bits per heavy atom. The molecule has 2 aliphatic rings. The lowest BCUT2D eigenvalue weighted by Gasteiger charge is -2.31. The highest BCUT2D eigenvalue weighted by atomic mass is 16.5. The first-order valence-electron chi connectivity index (χ1n) is 10.3. The van der Waals surface area contributed by atoms with Crippen molar-refractivity contribution < 1.29 is 24.2 Å². The van der Waals surface area contributed by atoms with E-state index in [2.05, 4.69) is 4.90 Å². The van der Waals surface area contributed by atoms with Crippen molar-refractivity contribution >= 4 is 11.7 Å². The van der Waals surface area contributed by atoms with Crippen LogP contribution in [0.15, 0.2) is 29.5 Å². The third-order valence-electron chi connectivity index (χ3n) is 5.59. The van der Waals surface area contributed by atoms with Crippen molar-refractivity contribution in [3.05, 3.63) is 35.1 Å². The van der Waals surface area contributed by atoms with E-state index in [9.17, 15) is 14.7 Å². The predicted molar refractivity (Wildman–Crippen MR) is 109 cm³/mol. The van der Waals surface area contributed by atoms with Gasteiger partial charge >= 0.3 is 0 Å². The molecule has 0 radical (unpaired) electrons. The molecule has 0 spiro atoms. The molecule has 2 aliphatic heterocycles. The molecule has 0 aromatic heterocycles. The second kappa shape index (κ2) is 9.31. The fourth-order valence-corrected chi connectivity index (χ4v) is 4.15. The summed E-state index contributed by atoms with van der Waals surface area (Å²) in [7, 11) is 1.55. The summed E-state index contributed by atoms with van der Waals surface area (Å²) in [4.78, 5) is 29.0. The molecule has 1 aromatic carbocycles. The summed E-state index contributed by atoms with van der Waals surface area (Å²) in [6.07, 6.45) is 3.57. The average Bonchev–Trinajstić information content (AvgIpc) is 2.98. The number of benzene rings is 1. The predicted octanol–water partition coefficient (Wildman–Crippen LogP) is 2.86. The van der Waals surface area contributed by atoms with Crippen LogP contribution in [0.25, 0.3) is 0 Å². The zero-order valence-electron chi connectivity index (χ0n) is 17.4. The molecule has 1 aromatic rings. The number of amides is 1.